The summed E-state index contributed by atoms with van der Waals surface area (Å²) in [7, 11) is 31.4. The molecule has 0 spiro atoms. The molecule has 58 heavy (non-hydrogen) atoms. The number of para-hydroxylation sites is 2. The molecule has 0 amide bonds. The van der Waals surface area contributed by atoms with Gasteiger partial charge in [-0.2, -0.15) is 0 Å². The van der Waals surface area contributed by atoms with Crippen molar-refractivity contribution in [3.8, 4) is 50.2 Å². The normalized spacial score (nSPS) is 12.1. The van der Waals surface area contributed by atoms with E-state index in [-0.39, 0.29) is 5.82 Å². The van der Waals surface area contributed by atoms with Crippen LogP contribution in [-0.2, 0) is 5.21 Å². The van der Waals surface area contributed by atoms with Gasteiger partial charge < -0.3 is 0 Å². The fourth-order valence-corrected chi connectivity index (χ4v) is 8.40. The highest BCUT2D eigenvalue weighted by molar-refractivity contribution is 6.67. The molecule has 1 aromatic heterocycles. The van der Waals surface area contributed by atoms with Gasteiger partial charge in [-0.1, -0.05) is 145 Å². The van der Waals surface area contributed by atoms with Gasteiger partial charge in [0.2, 0.25) is 0 Å². The standard InChI is InChI=1S/C51H31B5N2/c52-50(53,51(54,55)56)49-57-45-21-11-12-22-46(45)58(49)40-26-25-34-27-36(24-23-35(34)31-40)47-41-17-7-9-19-43(41)48(44-20-10-8-18-42(44)47)39-29-37(32-13-3-1-4-14-32)28-38(30-39)33-15-5-2-6-16-33/h1-31H. The van der Waals surface area contributed by atoms with Gasteiger partial charge in [-0.25, -0.2) is 4.98 Å². The van der Waals surface area contributed by atoms with Gasteiger partial charge in [-0.15, -0.1) is 5.11 Å². The number of hydrogen-bond acceptors (Lipinski definition) is 1. The zero-order valence-corrected chi connectivity index (χ0v) is 31.7. The number of hydrogen-bond donors (Lipinski definition) is 0. The van der Waals surface area contributed by atoms with Crippen molar-refractivity contribution in [1.29, 1.82) is 0 Å². The highest BCUT2D eigenvalue weighted by atomic mass is 15.1. The summed E-state index contributed by atoms with van der Waals surface area (Å²) in [6, 6.07) is 66.4. The average Bonchev–Trinajstić information content (AvgIpc) is 3.66. The highest BCUT2D eigenvalue weighted by Gasteiger charge is 2.36. The molecule has 0 saturated carbocycles. The van der Waals surface area contributed by atoms with Gasteiger partial charge in [0, 0.05) is 5.69 Å². The summed E-state index contributed by atoms with van der Waals surface area (Å²) >= 11 is 0. The lowest BCUT2D eigenvalue weighted by Crippen LogP contribution is -2.45. The van der Waals surface area contributed by atoms with E-state index in [0.717, 1.165) is 27.5 Å². The first-order valence-corrected chi connectivity index (χ1v) is 19.3. The van der Waals surface area contributed by atoms with Gasteiger partial charge in [-0.3, -0.25) is 4.57 Å². The van der Waals surface area contributed by atoms with Crippen LogP contribution >= 0.6 is 0 Å². The van der Waals surface area contributed by atoms with Crippen LogP contribution in [0.15, 0.2) is 188 Å². The molecule has 0 atom stereocenters. The van der Waals surface area contributed by atoms with Crippen LogP contribution in [0.3, 0.4) is 0 Å². The van der Waals surface area contributed by atoms with Crippen molar-refractivity contribution in [2.75, 3.05) is 0 Å². The van der Waals surface area contributed by atoms with Crippen LogP contribution in [0.1, 0.15) is 5.82 Å². The van der Waals surface area contributed by atoms with Gasteiger partial charge in [-0.05, 0) is 125 Å². The Hall–Kier alpha value is -6.45. The van der Waals surface area contributed by atoms with E-state index < -0.39 is 10.3 Å². The van der Waals surface area contributed by atoms with E-state index in [1.807, 2.05) is 34.9 Å². The minimum Gasteiger partial charge on any atom is -0.297 e. The first kappa shape index (κ1) is 35.9. The number of rotatable bonds is 7. The van der Waals surface area contributed by atoms with Crippen molar-refractivity contribution in [3.63, 3.8) is 0 Å². The fourth-order valence-electron chi connectivity index (χ4n) is 8.40. The van der Waals surface area contributed by atoms with E-state index in [1.54, 1.807) is 0 Å². The zero-order chi connectivity index (χ0) is 39.6. The predicted octanol–water partition coefficient (Wildman–Crippen LogP) is 11.2. The Morgan fingerprint density at radius 1 is 0.379 bits per heavy atom. The van der Waals surface area contributed by atoms with E-state index in [0.29, 0.717) is 5.52 Å². The third kappa shape index (κ3) is 6.00. The van der Waals surface area contributed by atoms with Crippen molar-refractivity contribution in [2.24, 2.45) is 0 Å². The van der Waals surface area contributed by atoms with Crippen molar-refractivity contribution in [3.05, 3.63) is 194 Å². The summed E-state index contributed by atoms with van der Waals surface area (Å²) < 4.78 is 1.89. The number of benzene rings is 9. The molecular formula is C51H31B5N2. The van der Waals surface area contributed by atoms with Crippen LogP contribution in [0.25, 0.3) is 93.5 Å². The lowest BCUT2D eigenvalue weighted by Gasteiger charge is -2.41. The minimum absolute atomic E-state index is 0.264. The molecule has 1 heterocycles. The van der Waals surface area contributed by atoms with Gasteiger partial charge in [0.1, 0.15) is 5.82 Å². The average molecular weight is 726 g/mol. The fraction of sp³-hybridized carbons (Fsp3) is 0.0392. The van der Waals surface area contributed by atoms with Crippen LogP contribution in [0.4, 0.5) is 0 Å². The van der Waals surface area contributed by atoms with Gasteiger partial charge in [0.05, 0.1) is 50.3 Å². The third-order valence-corrected chi connectivity index (χ3v) is 11.4. The summed E-state index contributed by atoms with van der Waals surface area (Å²) in [6.45, 7) is 0. The van der Waals surface area contributed by atoms with Crippen molar-refractivity contribution in [1.82, 2.24) is 9.55 Å². The minimum atomic E-state index is -1.94. The molecule has 0 bridgehead atoms. The highest BCUT2D eigenvalue weighted by Crippen LogP contribution is 2.46. The quantitative estimate of drug-likeness (QED) is 0.118. The molecule has 9 aromatic carbocycles. The maximum absolute atomic E-state index is 6.54. The topological polar surface area (TPSA) is 17.8 Å². The molecule has 2 nitrogen and oxygen atoms in total. The van der Waals surface area contributed by atoms with Gasteiger partial charge in [0.25, 0.3) is 0 Å². The maximum atomic E-state index is 6.54. The maximum Gasteiger partial charge on any atom is 0.101 e. The van der Waals surface area contributed by atoms with Gasteiger partial charge in [0.15, 0.2) is 0 Å². The molecular weight excluding hydrogens is 695 g/mol. The number of imidazole rings is 1. The summed E-state index contributed by atoms with van der Waals surface area (Å²) in [5, 5.41) is 3.08. The van der Waals surface area contributed by atoms with Crippen molar-refractivity contribution >= 4 is 82.6 Å². The molecule has 0 aliphatic carbocycles. The Bertz CT molecular complexity index is 3070. The smallest absolute Gasteiger partial charge is 0.101 e. The van der Waals surface area contributed by atoms with Gasteiger partial charge >= 0.3 is 0 Å². The zero-order valence-electron chi connectivity index (χ0n) is 31.7. The molecule has 0 aliphatic heterocycles. The molecule has 260 valence electrons. The van der Waals surface area contributed by atoms with E-state index in [4.69, 9.17) is 44.2 Å². The van der Waals surface area contributed by atoms with Crippen LogP contribution in [0.2, 0.25) is 5.11 Å². The number of fused-ring (bicyclic) bond motifs is 4. The van der Waals surface area contributed by atoms with Crippen molar-refractivity contribution < 1.29 is 0 Å². The Morgan fingerprint density at radius 3 is 1.41 bits per heavy atom. The number of nitrogens with zero attached hydrogens (tertiary/aromatic N) is 2. The van der Waals surface area contributed by atoms with E-state index in [9.17, 15) is 0 Å². The van der Waals surface area contributed by atoms with Crippen molar-refractivity contribution in [2.45, 2.75) is 10.3 Å². The molecule has 10 rings (SSSR count). The predicted molar refractivity (Wildman–Crippen MR) is 248 cm³/mol. The summed E-state index contributed by atoms with van der Waals surface area (Å²) in [5.74, 6) is 0.264. The second kappa shape index (κ2) is 13.9. The molecule has 7 heteroatoms. The number of aromatic nitrogens is 2. The second-order valence-corrected chi connectivity index (χ2v) is 15.2. The Labute approximate surface area is 345 Å². The largest absolute Gasteiger partial charge is 0.297 e. The summed E-state index contributed by atoms with van der Waals surface area (Å²) in [6.07, 6.45) is 0. The van der Waals surface area contributed by atoms with Crippen LogP contribution < -0.4 is 0 Å². The molecule has 0 aliphatic rings. The lowest BCUT2D eigenvalue weighted by molar-refractivity contribution is 0.757. The molecule has 0 fully saturated rings. The van der Waals surface area contributed by atoms with Crippen LogP contribution in [0.5, 0.6) is 0 Å². The molecule has 0 unspecified atom stereocenters. The van der Waals surface area contributed by atoms with E-state index >= 15 is 0 Å². The molecule has 0 saturated heterocycles. The molecule has 10 aromatic rings. The monoisotopic (exact) mass is 726 g/mol. The lowest BCUT2D eigenvalue weighted by atomic mass is 9.23. The van der Waals surface area contributed by atoms with E-state index in [2.05, 4.69) is 158 Å². The Morgan fingerprint density at radius 2 is 0.845 bits per heavy atom. The van der Waals surface area contributed by atoms with E-state index in [1.165, 1.54) is 60.5 Å². The van der Waals surface area contributed by atoms with Crippen LogP contribution in [0, 0.1) is 0 Å². The van der Waals surface area contributed by atoms with Crippen LogP contribution in [-0.4, -0.2) is 48.8 Å². The second-order valence-electron chi connectivity index (χ2n) is 15.2. The summed E-state index contributed by atoms with van der Waals surface area (Å²) in [4.78, 5) is 4.76. The Kier molecular flexibility index (Phi) is 8.60. The molecule has 10 radical (unpaired) electrons. The first-order valence-electron chi connectivity index (χ1n) is 19.3. The third-order valence-electron chi connectivity index (χ3n) is 11.4. The first-order chi connectivity index (χ1) is 28.2. The summed E-state index contributed by atoms with van der Waals surface area (Å²) in [5.41, 5.74) is 11.7. The Balaban J connectivity index is 1.16. The molecule has 0 N–H and O–H groups in total. The SMILES string of the molecule is [B]C([B])([B])C([B])([B])c1nc2ccccc2n1-c1ccc2cc(-c3c4ccccc4c(-c4cc(-c5ccccc5)cc(-c5ccccc5)c4)c4ccccc34)ccc2c1.